The van der Waals surface area contributed by atoms with Gasteiger partial charge < -0.3 is 5.11 Å². The molecule has 1 aromatic heterocycles. The molecular formula is C14H15BrOS. The number of hydrogen-bond acceptors (Lipinski definition) is 2. The maximum atomic E-state index is 10.4. The molecule has 2 rings (SSSR count). The van der Waals surface area contributed by atoms with Crippen LogP contribution in [0.2, 0.25) is 0 Å². The van der Waals surface area contributed by atoms with Crippen LogP contribution in [0.1, 0.15) is 34.9 Å². The van der Waals surface area contributed by atoms with Crippen LogP contribution in [0.5, 0.6) is 0 Å². The van der Waals surface area contributed by atoms with E-state index in [4.69, 9.17) is 0 Å². The summed E-state index contributed by atoms with van der Waals surface area (Å²) in [6.07, 6.45) is -0.438. The lowest BCUT2D eigenvalue weighted by atomic mass is 9.94. The Morgan fingerprint density at radius 3 is 2.41 bits per heavy atom. The van der Waals surface area contributed by atoms with E-state index in [9.17, 15) is 5.11 Å². The molecule has 2 atom stereocenters. The van der Waals surface area contributed by atoms with Gasteiger partial charge in [0.1, 0.15) is 0 Å². The van der Waals surface area contributed by atoms with E-state index in [0.717, 1.165) is 8.66 Å². The van der Waals surface area contributed by atoms with Crippen LogP contribution in [0.15, 0.2) is 40.2 Å². The molecule has 2 unspecified atom stereocenters. The molecule has 0 fully saturated rings. The fourth-order valence-corrected chi connectivity index (χ4v) is 3.48. The zero-order valence-corrected chi connectivity index (χ0v) is 12.3. The molecular weight excluding hydrogens is 296 g/mol. The number of aryl methyl sites for hydroxylation is 1. The summed E-state index contributed by atoms with van der Waals surface area (Å²) < 4.78 is 1.10. The van der Waals surface area contributed by atoms with Crippen LogP contribution < -0.4 is 0 Å². The lowest BCUT2D eigenvalue weighted by Crippen LogP contribution is -2.05. The van der Waals surface area contributed by atoms with Crippen molar-refractivity contribution in [1.29, 1.82) is 0 Å². The largest absolute Gasteiger partial charge is 0.387 e. The Morgan fingerprint density at radius 2 is 1.88 bits per heavy atom. The molecule has 0 aliphatic rings. The molecule has 0 spiro atoms. The van der Waals surface area contributed by atoms with E-state index in [-0.39, 0.29) is 5.92 Å². The number of hydrogen-bond donors (Lipinski definition) is 1. The van der Waals surface area contributed by atoms with Crippen molar-refractivity contribution in [2.24, 2.45) is 0 Å². The Kier molecular flexibility index (Phi) is 4.02. The van der Waals surface area contributed by atoms with Crippen molar-refractivity contribution in [1.82, 2.24) is 0 Å². The highest BCUT2D eigenvalue weighted by Crippen LogP contribution is 2.37. The quantitative estimate of drug-likeness (QED) is 0.874. The van der Waals surface area contributed by atoms with Gasteiger partial charge in [0.25, 0.3) is 0 Å². The summed E-state index contributed by atoms with van der Waals surface area (Å²) in [5, 5.41) is 10.4. The van der Waals surface area contributed by atoms with E-state index in [1.165, 1.54) is 11.1 Å². The lowest BCUT2D eigenvalue weighted by molar-refractivity contribution is 0.155. The summed E-state index contributed by atoms with van der Waals surface area (Å²) in [7, 11) is 0. The van der Waals surface area contributed by atoms with Crippen LogP contribution in [0, 0.1) is 6.92 Å². The molecule has 0 aliphatic heterocycles. The van der Waals surface area contributed by atoms with E-state index in [1.54, 1.807) is 11.3 Å². The highest BCUT2D eigenvalue weighted by molar-refractivity contribution is 9.11. The SMILES string of the molecule is Cc1cc(C(O)C(C)c2ccccc2)sc1Br. The van der Waals surface area contributed by atoms with Gasteiger partial charge in [0, 0.05) is 10.8 Å². The van der Waals surface area contributed by atoms with Crippen LogP contribution in [-0.2, 0) is 0 Å². The zero-order valence-electron chi connectivity index (χ0n) is 9.85. The molecule has 1 nitrogen and oxygen atoms in total. The number of benzene rings is 1. The molecule has 1 aromatic carbocycles. The molecule has 2 aromatic rings. The fourth-order valence-electron chi connectivity index (χ4n) is 1.81. The standard InChI is InChI=1S/C14H15BrOS/c1-9-8-12(17-14(9)15)13(16)10(2)11-6-4-3-5-7-11/h3-8,10,13,16H,1-2H3. The number of halogens is 1. The van der Waals surface area contributed by atoms with Gasteiger partial charge >= 0.3 is 0 Å². The summed E-state index contributed by atoms with van der Waals surface area (Å²) in [6.45, 7) is 4.10. The molecule has 17 heavy (non-hydrogen) atoms. The highest BCUT2D eigenvalue weighted by atomic mass is 79.9. The predicted octanol–water partition coefficient (Wildman–Crippen LogP) is 4.66. The van der Waals surface area contributed by atoms with E-state index in [2.05, 4.69) is 41.1 Å². The van der Waals surface area contributed by atoms with Crippen molar-refractivity contribution in [3.63, 3.8) is 0 Å². The van der Waals surface area contributed by atoms with Gasteiger partial charge in [-0.2, -0.15) is 0 Å². The fraction of sp³-hybridized carbons (Fsp3) is 0.286. The molecule has 0 saturated carbocycles. The van der Waals surface area contributed by atoms with Crippen molar-refractivity contribution in [2.45, 2.75) is 25.9 Å². The second kappa shape index (κ2) is 5.34. The average molecular weight is 311 g/mol. The Labute approximate surface area is 114 Å². The Hall–Kier alpha value is -0.640. The van der Waals surface area contributed by atoms with Crippen molar-refractivity contribution in [3.8, 4) is 0 Å². The van der Waals surface area contributed by atoms with Crippen LogP contribution in [0.4, 0.5) is 0 Å². The molecule has 0 radical (unpaired) electrons. The van der Waals surface area contributed by atoms with Gasteiger partial charge in [-0.05, 0) is 40.0 Å². The number of aliphatic hydroxyl groups excluding tert-OH is 1. The van der Waals surface area contributed by atoms with Crippen LogP contribution in [0.3, 0.4) is 0 Å². The van der Waals surface area contributed by atoms with Gasteiger partial charge in [0.15, 0.2) is 0 Å². The van der Waals surface area contributed by atoms with Crippen molar-refractivity contribution in [2.75, 3.05) is 0 Å². The Bertz CT molecular complexity index is 473. The minimum absolute atomic E-state index is 0.112. The topological polar surface area (TPSA) is 20.2 Å². The molecule has 0 amide bonds. The third-order valence-electron chi connectivity index (χ3n) is 2.97. The number of rotatable bonds is 3. The van der Waals surface area contributed by atoms with Gasteiger partial charge in [-0.25, -0.2) is 0 Å². The smallest absolute Gasteiger partial charge is 0.0948 e. The second-order valence-electron chi connectivity index (χ2n) is 4.25. The minimum Gasteiger partial charge on any atom is -0.387 e. The minimum atomic E-state index is -0.438. The van der Waals surface area contributed by atoms with Crippen LogP contribution in [-0.4, -0.2) is 5.11 Å². The number of aliphatic hydroxyl groups is 1. The van der Waals surface area contributed by atoms with Crippen molar-refractivity contribution in [3.05, 3.63) is 56.2 Å². The summed E-state index contributed by atoms with van der Waals surface area (Å²) >= 11 is 5.11. The van der Waals surface area contributed by atoms with Gasteiger partial charge in [-0.15, -0.1) is 11.3 Å². The predicted molar refractivity (Wildman–Crippen MR) is 76.6 cm³/mol. The number of thiophene rings is 1. The van der Waals surface area contributed by atoms with Gasteiger partial charge in [-0.3, -0.25) is 0 Å². The monoisotopic (exact) mass is 310 g/mol. The summed E-state index contributed by atoms with van der Waals surface area (Å²) in [4.78, 5) is 1.02. The molecule has 0 bridgehead atoms. The maximum Gasteiger partial charge on any atom is 0.0948 e. The Morgan fingerprint density at radius 1 is 1.24 bits per heavy atom. The molecule has 0 aliphatic carbocycles. The normalized spacial score (nSPS) is 14.6. The van der Waals surface area contributed by atoms with Gasteiger partial charge in [-0.1, -0.05) is 37.3 Å². The summed E-state index contributed by atoms with van der Waals surface area (Å²) in [5.41, 5.74) is 2.35. The zero-order chi connectivity index (χ0) is 12.4. The summed E-state index contributed by atoms with van der Waals surface area (Å²) in [5.74, 6) is 0.112. The van der Waals surface area contributed by atoms with E-state index >= 15 is 0 Å². The Balaban J connectivity index is 2.23. The van der Waals surface area contributed by atoms with Crippen LogP contribution in [0.25, 0.3) is 0 Å². The molecule has 90 valence electrons. The van der Waals surface area contributed by atoms with E-state index < -0.39 is 6.10 Å². The third kappa shape index (κ3) is 2.79. The summed E-state index contributed by atoms with van der Waals surface area (Å²) in [6, 6.07) is 12.2. The highest BCUT2D eigenvalue weighted by Gasteiger charge is 2.20. The van der Waals surface area contributed by atoms with Gasteiger partial charge in [0.2, 0.25) is 0 Å². The van der Waals surface area contributed by atoms with Gasteiger partial charge in [0.05, 0.1) is 9.89 Å². The second-order valence-corrected chi connectivity index (χ2v) is 6.65. The van der Waals surface area contributed by atoms with E-state index in [1.807, 2.05) is 25.1 Å². The maximum absolute atomic E-state index is 10.4. The molecule has 0 saturated heterocycles. The first-order valence-electron chi connectivity index (χ1n) is 5.58. The van der Waals surface area contributed by atoms with Crippen molar-refractivity contribution >= 4 is 27.3 Å². The van der Waals surface area contributed by atoms with E-state index in [0.29, 0.717) is 0 Å². The average Bonchev–Trinajstić information content (AvgIpc) is 2.69. The third-order valence-corrected chi connectivity index (χ3v) is 5.17. The molecule has 1 N–H and O–H groups in total. The first kappa shape index (κ1) is 12.8. The van der Waals surface area contributed by atoms with Crippen molar-refractivity contribution < 1.29 is 5.11 Å². The molecule has 1 heterocycles. The first-order chi connectivity index (χ1) is 8.09. The van der Waals surface area contributed by atoms with Crippen LogP contribution >= 0.6 is 27.3 Å². The lowest BCUT2D eigenvalue weighted by Gasteiger charge is -2.17. The first-order valence-corrected chi connectivity index (χ1v) is 7.19. The molecule has 3 heteroatoms.